The van der Waals surface area contributed by atoms with E-state index in [0.29, 0.717) is 5.92 Å². The molecule has 8 heteroatoms. The SMILES string of the molecule is CCNC(=NCC1CCN(c2ccc(F)c(F)c2)C1)NCCCCSC.I. The number of halogens is 3. The molecule has 4 nitrogen and oxygen atoms in total. The molecule has 1 unspecified atom stereocenters. The predicted octanol–water partition coefficient (Wildman–Crippen LogP) is 4.11. The van der Waals surface area contributed by atoms with Crippen molar-refractivity contribution in [3.05, 3.63) is 29.8 Å². The van der Waals surface area contributed by atoms with E-state index in [9.17, 15) is 8.78 Å². The number of thioether (sulfide) groups is 1. The minimum atomic E-state index is -0.798. The number of guanidine groups is 1. The number of hydrogen-bond donors (Lipinski definition) is 2. The third kappa shape index (κ3) is 8.41. The zero-order valence-corrected chi connectivity index (χ0v) is 19.3. The van der Waals surface area contributed by atoms with Crippen LogP contribution in [0.3, 0.4) is 0 Å². The van der Waals surface area contributed by atoms with Gasteiger partial charge >= 0.3 is 0 Å². The quantitative estimate of drug-likeness (QED) is 0.226. The van der Waals surface area contributed by atoms with Gasteiger partial charge in [-0.15, -0.1) is 24.0 Å². The van der Waals surface area contributed by atoms with Gasteiger partial charge in [0.15, 0.2) is 17.6 Å². The molecule has 0 bridgehead atoms. The topological polar surface area (TPSA) is 39.7 Å². The van der Waals surface area contributed by atoms with Crippen molar-refractivity contribution >= 4 is 47.4 Å². The van der Waals surface area contributed by atoms with Gasteiger partial charge < -0.3 is 15.5 Å². The van der Waals surface area contributed by atoms with E-state index in [0.717, 1.165) is 57.2 Å². The number of aliphatic imine (C=N–C) groups is 1. The van der Waals surface area contributed by atoms with Gasteiger partial charge in [-0.25, -0.2) is 8.78 Å². The van der Waals surface area contributed by atoms with Crippen LogP contribution in [0.15, 0.2) is 23.2 Å². The number of anilines is 1. The van der Waals surface area contributed by atoms with Crippen LogP contribution in [0.4, 0.5) is 14.5 Å². The summed E-state index contributed by atoms with van der Waals surface area (Å²) in [6.45, 7) is 6.23. The molecule has 1 heterocycles. The number of nitrogens with zero attached hydrogens (tertiary/aromatic N) is 2. The number of hydrogen-bond acceptors (Lipinski definition) is 3. The minimum absolute atomic E-state index is 0. The van der Waals surface area contributed by atoms with Crippen molar-refractivity contribution in [1.29, 1.82) is 0 Å². The van der Waals surface area contributed by atoms with Crippen LogP contribution in [0.25, 0.3) is 0 Å². The first-order valence-electron chi connectivity index (χ1n) is 9.35. The summed E-state index contributed by atoms with van der Waals surface area (Å²) in [6.07, 6.45) is 5.48. The normalized spacial score (nSPS) is 17.0. The number of rotatable bonds is 9. The highest BCUT2D eigenvalue weighted by atomic mass is 127. The Bertz CT molecular complexity index is 589. The lowest BCUT2D eigenvalue weighted by Crippen LogP contribution is -2.38. The Hall–Kier alpha value is -0.770. The second kappa shape index (κ2) is 13.4. The Kier molecular flexibility index (Phi) is 12.1. The summed E-state index contributed by atoms with van der Waals surface area (Å²) in [4.78, 5) is 6.80. The molecule has 2 N–H and O–H groups in total. The summed E-state index contributed by atoms with van der Waals surface area (Å²) in [5.41, 5.74) is 0.745. The van der Waals surface area contributed by atoms with Crippen molar-refractivity contribution in [2.45, 2.75) is 26.2 Å². The molecule has 1 aromatic carbocycles. The van der Waals surface area contributed by atoms with Crippen molar-refractivity contribution in [1.82, 2.24) is 10.6 Å². The van der Waals surface area contributed by atoms with E-state index in [-0.39, 0.29) is 24.0 Å². The number of nitrogens with one attached hydrogen (secondary N) is 2. The van der Waals surface area contributed by atoms with Crippen LogP contribution >= 0.6 is 35.7 Å². The lowest BCUT2D eigenvalue weighted by Gasteiger charge is -2.18. The Morgan fingerprint density at radius 1 is 1.26 bits per heavy atom. The third-order valence-electron chi connectivity index (χ3n) is 4.47. The number of benzene rings is 1. The molecule has 0 amide bonds. The summed E-state index contributed by atoms with van der Waals surface area (Å²) in [6, 6.07) is 4.12. The van der Waals surface area contributed by atoms with E-state index >= 15 is 0 Å². The molecule has 1 aliphatic rings. The minimum Gasteiger partial charge on any atom is -0.371 e. The van der Waals surface area contributed by atoms with Gasteiger partial charge in [0.1, 0.15) is 0 Å². The molecule has 1 atom stereocenters. The highest BCUT2D eigenvalue weighted by Gasteiger charge is 2.23. The summed E-state index contributed by atoms with van der Waals surface area (Å²) >= 11 is 1.88. The first-order valence-corrected chi connectivity index (χ1v) is 10.7. The second-order valence-electron chi connectivity index (χ2n) is 6.55. The standard InChI is InChI=1S/C19H30F2N4S.HI/c1-3-22-19(23-9-4-5-11-26-2)24-13-15-8-10-25(14-15)16-6-7-17(20)18(21)12-16;/h6-7,12,15H,3-5,8-11,13-14H2,1-2H3,(H2,22,23,24);1H. The van der Waals surface area contributed by atoms with Crippen molar-refractivity contribution in [3.8, 4) is 0 Å². The highest BCUT2D eigenvalue weighted by molar-refractivity contribution is 14.0. The van der Waals surface area contributed by atoms with Crippen LogP contribution in [0.5, 0.6) is 0 Å². The van der Waals surface area contributed by atoms with Crippen molar-refractivity contribution in [3.63, 3.8) is 0 Å². The van der Waals surface area contributed by atoms with Crippen LogP contribution in [-0.2, 0) is 0 Å². The zero-order valence-electron chi connectivity index (χ0n) is 16.1. The van der Waals surface area contributed by atoms with Gasteiger partial charge in [0.2, 0.25) is 0 Å². The van der Waals surface area contributed by atoms with E-state index in [4.69, 9.17) is 4.99 Å². The zero-order chi connectivity index (χ0) is 18.8. The van der Waals surface area contributed by atoms with Crippen LogP contribution in [0, 0.1) is 17.6 Å². The molecule has 0 aliphatic carbocycles. The van der Waals surface area contributed by atoms with Gasteiger partial charge in [-0.1, -0.05) is 0 Å². The maximum absolute atomic E-state index is 13.4. The molecular weight excluding hydrogens is 481 g/mol. The summed E-state index contributed by atoms with van der Waals surface area (Å²) < 4.78 is 26.5. The molecule has 1 fully saturated rings. The monoisotopic (exact) mass is 512 g/mol. The molecule has 0 spiro atoms. The lowest BCUT2D eigenvalue weighted by molar-refractivity contribution is 0.508. The highest BCUT2D eigenvalue weighted by Crippen LogP contribution is 2.25. The second-order valence-corrected chi connectivity index (χ2v) is 7.53. The first-order chi connectivity index (χ1) is 12.6. The van der Waals surface area contributed by atoms with Gasteiger partial charge in [0.05, 0.1) is 0 Å². The summed E-state index contributed by atoms with van der Waals surface area (Å²) in [5.74, 6) is 0.895. The average molecular weight is 512 g/mol. The summed E-state index contributed by atoms with van der Waals surface area (Å²) in [5, 5.41) is 6.67. The molecule has 154 valence electrons. The van der Waals surface area contributed by atoms with E-state index in [1.54, 1.807) is 6.07 Å². The van der Waals surface area contributed by atoms with Crippen LogP contribution in [-0.4, -0.2) is 50.7 Å². The van der Waals surface area contributed by atoms with Crippen LogP contribution < -0.4 is 15.5 Å². The fourth-order valence-electron chi connectivity index (χ4n) is 3.04. The van der Waals surface area contributed by atoms with Gasteiger partial charge in [0.25, 0.3) is 0 Å². The number of unbranched alkanes of at least 4 members (excludes halogenated alkanes) is 1. The van der Waals surface area contributed by atoms with Crippen molar-refractivity contribution < 1.29 is 8.78 Å². The third-order valence-corrected chi connectivity index (χ3v) is 5.17. The fourth-order valence-corrected chi connectivity index (χ4v) is 3.53. The maximum Gasteiger partial charge on any atom is 0.191 e. The molecule has 1 aliphatic heterocycles. The average Bonchev–Trinajstić information content (AvgIpc) is 3.10. The van der Waals surface area contributed by atoms with Gasteiger partial charge in [-0.05, 0) is 56.2 Å². The molecule has 2 rings (SSSR count). The predicted molar refractivity (Wildman–Crippen MR) is 124 cm³/mol. The largest absolute Gasteiger partial charge is 0.371 e. The molecular formula is C19H31F2IN4S. The Balaban J connectivity index is 0.00000364. The Morgan fingerprint density at radius 2 is 2.07 bits per heavy atom. The first kappa shape index (κ1) is 24.3. The molecule has 0 saturated carbocycles. The van der Waals surface area contributed by atoms with Gasteiger partial charge in [0, 0.05) is 44.5 Å². The van der Waals surface area contributed by atoms with Crippen LogP contribution in [0.2, 0.25) is 0 Å². The van der Waals surface area contributed by atoms with Gasteiger partial charge in [-0.2, -0.15) is 11.8 Å². The summed E-state index contributed by atoms with van der Waals surface area (Å²) in [7, 11) is 0. The molecule has 1 aromatic rings. The van der Waals surface area contributed by atoms with E-state index in [1.807, 2.05) is 11.8 Å². The molecule has 1 saturated heterocycles. The van der Waals surface area contributed by atoms with Gasteiger partial charge in [-0.3, -0.25) is 4.99 Å². The van der Waals surface area contributed by atoms with E-state index in [2.05, 4.69) is 28.7 Å². The smallest absolute Gasteiger partial charge is 0.191 e. The molecule has 0 radical (unpaired) electrons. The Morgan fingerprint density at radius 3 is 2.78 bits per heavy atom. The molecule has 0 aromatic heterocycles. The van der Waals surface area contributed by atoms with Crippen molar-refractivity contribution in [2.24, 2.45) is 10.9 Å². The Labute approximate surface area is 183 Å². The molecule has 27 heavy (non-hydrogen) atoms. The van der Waals surface area contributed by atoms with E-state index < -0.39 is 11.6 Å². The maximum atomic E-state index is 13.4. The lowest BCUT2D eigenvalue weighted by atomic mass is 10.1. The fraction of sp³-hybridized carbons (Fsp3) is 0.632. The van der Waals surface area contributed by atoms with E-state index in [1.165, 1.54) is 24.3 Å². The van der Waals surface area contributed by atoms with Crippen LogP contribution in [0.1, 0.15) is 26.2 Å². The van der Waals surface area contributed by atoms with Crippen molar-refractivity contribution in [2.75, 3.05) is 49.6 Å².